The lowest BCUT2D eigenvalue weighted by Gasteiger charge is -2.10. The fourth-order valence-corrected chi connectivity index (χ4v) is 4.05. The molecule has 0 saturated carbocycles. The topological polar surface area (TPSA) is 65.2 Å². The molecule has 0 amide bonds. The quantitative estimate of drug-likeness (QED) is 0.344. The molecule has 0 unspecified atom stereocenters. The predicted octanol–water partition coefficient (Wildman–Crippen LogP) is 5.55. The van der Waals surface area contributed by atoms with Crippen LogP contribution in [0, 0.1) is 12.7 Å². The summed E-state index contributed by atoms with van der Waals surface area (Å²) in [4.78, 5) is 13.2. The first-order chi connectivity index (χ1) is 16.0. The zero-order valence-corrected chi connectivity index (χ0v) is 18.7. The van der Waals surface area contributed by atoms with Crippen LogP contribution in [0.4, 0.5) is 4.39 Å². The van der Waals surface area contributed by atoms with Crippen molar-refractivity contribution in [1.82, 2.24) is 24.6 Å². The molecule has 0 bridgehead atoms. The molecule has 0 N–H and O–H groups in total. The molecule has 5 rings (SSSR count). The first-order valence-electron chi connectivity index (χ1n) is 10.3. The Labute approximate surface area is 194 Å². The summed E-state index contributed by atoms with van der Waals surface area (Å²) in [5.41, 5.74) is 5.72. The first-order valence-corrected chi connectivity index (χ1v) is 10.7. The average Bonchev–Trinajstić information content (AvgIpc) is 3.22. The molecule has 0 aliphatic rings. The van der Waals surface area contributed by atoms with Gasteiger partial charge in [0.15, 0.2) is 11.5 Å². The smallest absolute Gasteiger partial charge is 0.163 e. The molecule has 2 aromatic carbocycles. The molecule has 6 nitrogen and oxygen atoms in total. The third kappa shape index (κ3) is 4.15. The Hall–Kier alpha value is -3.84. The van der Waals surface area contributed by atoms with Gasteiger partial charge in [0.25, 0.3) is 0 Å². The number of hydrogen-bond acceptors (Lipinski definition) is 5. The van der Waals surface area contributed by atoms with Gasteiger partial charge in [0.2, 0.25) is 0 Å². The van der Waals surface area contributed by atoms with Crippen LogP contribution in [0.25, 0.3) is 28.0 Å². The van der Waals surface area contributed by atoms with Crippen LogP contribution in [0.2, 0.25) is 5.02 Å². The van der Waals surface area contributed by atoms with Gasteiger partial charge in [-0.1, -0.05) is 17.7 Å². The molecule has 0 aliphatic carbocycles. The van der Waals surface area contributed by atoms with Gasteiger partial charge in [0.05, 0.1) is 17.8 Å². The highest BCUT2D eigenvalue weighted by atomic mass is 35.5. The van der Waals surface area contributed by atoms with Crippen LogP contribution in [-0.4, -0.2) is 31.7 Å². The molecule has 33 heavy (non-hydrogen) atoms. The van der Waals surface area contributed by atoms with Crippen LogP contribution in [0.5, 0.6) is 5.75 Å². The minimum absolute atomic E-state index is 0.327. The number of hydrogen-bond donors (Lipinski definition) is 0. The van der Waals surface area contributed by atoms with Crippen molar-refractivity contribution in [3.8, 4) is 28.1 Å². The highest BCUT2D eigenvalue weighted by Gasteiger charge is 2.14. The second kappa shape index (κ2) is 8.60. The largest absolute Gasteiger partial charge is 0.496 e. The van der Waals surface area contributed by atoms with E-state index in [0.29, 0.717) is 34.2 Å². The van der Waals surface area contributed by atoms with Crippen molar-refractivity contribution >= 4 is 17.2 Å². The number of nitrogens with zero attached hydrogens (tertiary/aromatic N) is 5. The number of methoxy groups -OCH3 is 1. The van der Waals surface area contributed by atoms with Gasteiger partial charge in [-0.2, -0.15) is 5.10 Å². The van der Waals surface area contributed by atoms with Crippen molar-refractivity contribution in [2.24, 2.45) is 0 Å². The highest BCUT2D eigenvalue weighted by molar-refractivity contribution is 6.33. The van der Waals surface area contributed by atoms with E-state index in [1.54, 1.807) is 24.0 Å². The summed E-state index contributed by atoms with van der Waals surface area (Å²) in [6, 6.07) is 16.0. The normalized spacial score (nSPS) is 11.2. The van der Waals surface area contributed by atoms with Gasteiger partial charge in [-0.05, 0) is 61.0 Å². The summed E-state index contributed by atoms with van der Waals surface area (Å²) < 4.78 is 20.8. The number of ether oxygens (including phenoxy) is 1. The van der Waals surface area contributed by atoms with E-state index >= 15 is 0 Å². The van der Waals surface area contributed by atoms with Crippen LogP contribution < -0.4 is 4.74 Å². The van der Waals surface area contributed by atoms with E-state index in [1.165, 1.54) is 12.1 Å². The second-order valence-corrected chi connectivity index (χ2v) is 8.01. The summed E-state index contributed by atoms with van der Waals surface area (Å²) in [6.07, 6.45) is 3.88. The van der Waals surface area contributed by atoms with Gasteiger partial charge in [0, 0.05) is 35.0 Å². The van der Waals surface area contributed by atoms with E-state index in [-0.39, 0.29) is 5.82 Å². The number of aryl methyl sites for hydroxylation is 1. The summed E-state index contributed by atoms with van der Waals surface area (Å²) in [5.74, 6) is 0.980. The van der Waals surface area contributed by atoms with Crippen molar-refractivity contribution in [2.75, 3.05) is 7.11 Å². The van der Waals surface area contributed by atoms with Crippen LogP contribution in [0.1, 0.15) is 17.1 Å². The van der Waals surface area contributed by atoms with E-state index in [4.69, 9.17) is 21.3 Å². The lowest BCUT2D eigenvalue weighted by molar-refractivity contribution is 0.416. The molecule has 0 radical (unpaired) electrons. The molecule has 8 heteroatoms. The average molecular weight is 460 g/mol. The lowest BCUT2D eigenvalue weighted by atomic mass is 10.0. The maximum atomic E-state index is 13.5. The molecule has 0 spiro atoms. The molecule has 164 valence electrons. The van der Waals surface area contributed by atoms with Gasteiger partial charge < -0.3 is 4.74 Å². The molecule has 3 heterocycles. The molecule has 3 aromatic heterocycles. The van der Waals surface area contributed by atoms with Gasteiger partial charge >= 0.3 is 0 Å². The van der Waals surface area contributed by atoms with Crippen LogP contribution in [0.3, 0.4) is 0 Å². The number of pyridine rings is 1. The number of aromatic nitrogens is 5. The number of fused-ring (bicyclic) bond motifs is 1. The second-order valence-electron chi connectivity index (χ2n) is 7.60. The standard InChI is InChI=1S/C25H19ClFN5O/c1-15-10-22(29-14-28-15)20-7-5-16(11-23(20)33-2)12-24-30-25-19(4-3-9-32(25)31-24)18-8-6-17(27)13-21(18)26/h3-11,13-14H,12H2,1-2H3. The van der Waals surface area contributed by atoms with Gasteiger partial charge in [0.1, 0.15) is 17.9 Å². The third-order valence-corrected chi connectivity index (χ3v) is 5.65. The summed E-state index contributed by atoms with van der Waals surface area (Å²) >= 11 is 6.29. The number of halogens is 2. The zero-order chi connectivity index (χ0) is 22.9. The summed E-state index contributed by atoms with van der Waals surface area (Å²) in [6.45, 7) is 1.93. The van der Waals surface area contributed by atoms with Crippen molar-refractivity contribution in [3.05, 3.63) is 95.0 Å². The van der Waals surface area contributed by atoms with E-state index in [0.717, 1.165) is 28.1 Å². The minimum atomic E-state index is -0.382. The van der Waals surface area contributed by atoms with Crippen LogP contribution in [-0.2, 0) is 6.42 Å². The van der Waals surface area contributed by atoms with E-state index in [9.17, 15) is 4.39 Å². The predicted molar refractivity (Wildman–Crippen MR) is 125 cm³/mol. The van der Waals surface area contributed by atoms with Crippen molar-refractivity contribution in [3.63, 3.8) is 0 Å². The molecular formula is C25H19ClFN5O. The van der Waals surface area contributed by atoms with Gasteiger partial charge in [-0.3, -0.25) is 0 Å². The van der Waals surface area contributed by atoms with E-state index in [1.807, 2.05) is 49.5 Å². The summed E-state index contributed by atoms with van der Waals surface area (Å²) in [7, 11) is 1.64. The molecule has 0 saturated heterocycles. The Morgan fingerprint density at radius 3 is 2.64 bits per heavy atom. The highest BCUT2D eigenvalue weighted by Crippen LogP contribution is 2.32. The number of rotatable bonds is 5. The molecule has 0 fully saturated rings. The Morgan fingerprint density at radius 2 is 1.85 bits per heavy atom. The van der Waals surface area contributed by atoms with Gasteiger partial charge in [-0.15, -0.1) is 0 Å². The third-order valence-electron chi connectivity index (χ3n) is 5.34. The Kier molecular flexibility index (Phi) is 5.48. The molecule has 0 atom stereocenters. The Balaban J connectivity index is 1.50. The molecule has 0 aliphatic heterocycles. The van der Waals surface area contributed by atoms with Crippen LogP contribution >= 0.6 is 11.6 Å². The minimum Gasteiger partial charge on any atom is -0.496 e. The van der Waals surface area contributed by atoms with Crippen molar-refractivity contribution in [1.29, 1.82) is 0 Å². The summed E-state index contributed by atoms with van der Waals surface area (Å²) in [5, 5.41) is 4.94. The first kappa shape index (κ1) is 21.0. The number of benzene rings is 2. The van der Waals surface area contributed by atoms with E-state index < -0.39 is 0 Å². The van der Waals surface area contributed by atoms with Crippen LogP contribution in [0.15, 0.2) is 67.1 Å². The molecule has 5 aromatic rings. The fourth-order valence-electron chi connectivity index (χ4n) is 3.79. The SMILES string of the molecule is COc1cc(Cc2nc3c(-c4ccc(F)cc4Cl)cccn3n2)ccc1-c1cc(C)ncn1. The fraction of sp³-hybridized carbons (Fsp3) is 0.120. The van der Waals surface area contributed by atoms with Gasteiger partial charge in [-0.25, -0.2) is 23.9 Å². The molecular weight excluding hydrogens is 441 g/mol. The van der Waals surface area contributed by atoms with Crippen molar-refractivity contribution in [2.45, 2.75) is 13.3 Å². The van der Waals surface area contributed by atoms with E-state index in [2.05, 4.69) is 15.1 Å². The maximum absolute atomic E-state index is 13.5. The maximum Gasteiger partial charge on any atom is 0.163 e. The Bertz CT molecular complexity index is 1480. The zero-order valence-electron chi connectivity index (χ0n) is 18.0. The van der Waals surface area contributed by atoms with Crippen molar-refractivity contribution < 1.29 is 9.13 Å². The monoisotopic (exact) mass is 459 g/mol. The Morgan fingerprint density at radius 1 is 1.00 bits per heavy atom. The lowest BCUT2D eigenvalue weighted by Crippen LogP contribution is -1.96.